The maximum absolute atomic E-state index is 2.47. The van der Waals surface area contributed by atoms with Gasteiger partial charge in [0.05, 0.1) is 0 Å². The Balaban J connectivity index is 0.000000202. The Bertz CT molecular complexity index is 2160. The van der Waals surface area contributed by atoms with Crippen molar-refractivity contribution in [2.75, 3.05) is 0 Å². The van der Waals surface area contributed by atoms with Crippen molar-refractivity contribution < 1.29 is 0 Å². The van der Waals surface area contributed by atoms with Crippen molar-refractivity contribution in [2.24, 2.45) is 0 Å². The van der Waals surface area contributed by atoms with E-state index in [-0.39, 0.29) is 0 Å². The maximum atomic E-state index is 2.47. The summed E-state index contributed by atoms with van der Waals surface area (Å²) in [5.74, 6) is 0. The van der Waals surface area contributed by atoms with Crippen LogP contribution in [0, 0.1) is 41.5 Å². The lowest BCUT2D eigenvalue weighted by molar-refractivity contribution is 1.17. The van der Waals surface area contributed by atoms with Gasteiger partial charge in [0.15, 0.2) is 0 Å². The Hall–Kier alpha value is -2.58. The van der Waals surface area contributed by atoms with Crippen LogP contribution >= 0.6 is 68.0 Å². The molecular formula is C38H32S6. The topological polar surface area (TPSA) is 0 Å². The van der Waals surface area contributed by atoms with Crippen molar-refractivity contribution in [3.8, 4) is 50.1 Å². The van der Waals surface area contributed by atoms with E-state index in [9.17, 15) is 0 Å². The summed E-state index contributed by atoms with van der Waals surface area (Å²) in [7, 11) is 0. The van der Waals surface area contributed by atoms with Crippen molar-refractivity contribution in [3.63, 3.8) is 0 Å². The molecule has 7 aromatic rings. The average Bonchev–Trinajstić information content (AvgIpc) is 3.80. The van der Waals surface area contributed by atoms with Gasteiger partial charge >= 0.3 is 0 Å². The Morgan fingerprint density at radius 3 is 1.27 bits per heavy atom. The molecule has 44 heavy (non-hydrogen) atoms. The first-order chi connectivity index (χ1) is 21.2. The van der Waals surface area contributed by atoms with Crippen LogP contribution in [0.2, 0.25) is 0 Å². The molecule has 0 nitrogen and oxygen atoms in total. The molecule has 0 N–H and O–H groups in total. The van der Waals surface area contributed by atoms with Gasteiger partial charge in [-0.15, -0.1) is 68.0 Å². The Morgan fingerprint density at radius 1 is 0.386 bits per heavy atom. The van der Waals surface area contributed by atoms with E-state index in [4.69, 9.17) is 0 Å². The van der Waals surface area contributed by atoms with E-state index >= 15 is 0 Å². The molecule has 0 spiro atoms. The number of benzene rings is 1. The first kappa shape index (κ1) is 28.9. The molecule has 0 amide bonds. The minimum Gasteiger partial charge on any atom is -0.140 e. The van der Waals surface area contributed by atoms with Crippen LogP contribution in [-0.4, -0.2) is 0 Å². The van der Waals surface area contributed by atoms with Gasteiger partial charge in [0, 0.05) is 58.5 Å². The molecule has 0 aliphatic heterocycles. The molecule has 0 unspecified atom stereocenters. The molecule has 6 aromatic heterocycles. The number of hydrogen-bond acceptors (Lipinski definition) is 6. The third kappa shape index (κ3) is 4.86. The molecule has 2 aliphatic carbocycles. The molecule has 0 saturated carbocycles. The van der Waals surface area contributed by atoms with Crippen molar-refractivity contribution >= 4 is 68.0 Å². The second kappa shape index (κ2) is 11.0. The van der Waals surface area contributed by atoms with E-state index < -0.39 is 0 Å². The number of rotatable bonds is 3. The van der Waals surface area contributed by atoms with Gasteiger partial charge in [-0.1, -0.05) is 0 Å². The number of fused-ring (bicyclic) bond motifs is 6. The van der Waals surface area contributed by atoms with Crippen molar-refractivity contribution in [1.29, 1.82) is 0 Å². The van der Waals surface area contributed by atoms with E-state index in [1.165, 1.54) is 75.2 Å². The van der Waals surface area contributed by atoms with Gasteiger partial charge in [-0.3, -0.25) is 0 Å². The SMILES string of the molecule is Cc1ccc(-c2ccc(-c3cc4c(s3)-c3c(C)c5c(c(C)c3C4)-c3sc(C)cc3C5)s2)s1.Cc1ccc(-c2ccc(C)s2)s1. The fourth-order valence-electron chi connectivity index (χ4n) is 6.67. The fraction of sp³-hybridized carbons (Fsp3) is 0.211. The average molecular weight is 681 g/mol. The second-order valence-corrected chi connectivity index (χ2v) is 19.1. The summed E-state index contributed by atoms with van der Waals surface area (Å²) < 4.78 is 0. The fourth-order valence-corrected chi connectivity index (χ4v) is 13.0. The van der Waals surface area contributed by atoms with Gasteiger partial charge in [0.1, 0.15) is 0 Å². The summed E-state index contributed by atoms with van der Waals surface area (Å²) in [5, 5.41) is 0. The summed E-state index contributed by atoms with van der Waals surface area (Å²) >= 11 is 11.5. The van der Waals surface area contributed by atoms with Crippen LogP contribution in [0.25, 0.3) is 50.1 Å². The van der Waals surface area contributed by atoms with Crippen LogP contribution in [0.1, 0.15) is 52.9 Å². The normalized spacial score (nSPS) is 12.6. The maximum Gasteiger partial charge on any atom is 0.0452 e. The minimum absolute atomic E-state index is 1.09. The van der Waals surface area contributed by atoms with E-state index in [0.29, 0.717) is 0 Å². The molecule has 0 fully saturated rings. The summed E-state index contributed by atoms with van der Waals surface area (Å²) in [5.41, 5.74) is 12.4. The van der Waals surface area contributed by atoms with Crippen molar-refractivity contribution in [1.82, 2.24) is 0 Å². The van der Waals surface area contributed by atoms with Crippen LogP contribution in [0.3, 0.4) is 0 Å². The highest BCUT2D eigenvalue weighted by Gasteiger charge is 2.33. The predicted molar refractivity (Wildman–Crippen MR) is 201 cm³/mol. The van der Waals surface area contributed by atoms with Crippen LogP contribution < -0.4 is 0 Å². The minimum atomic E-state index is 1.09. The molecule has 1 aromatic carbocycles. The van der Waals surface area contributed by atoms with Crippen LogP contribution in [0.4, 0.5) is 0 Å². The lowest BCUT2D eigenvalue weighted by Gasteiger charge is -2.16. The van der Waals surface area contributed by atoms with E-state index in [2.05, 4.69) is 102 Å². The Labute approximate surface area is 284 Å². The molecule has 220 valence electrons. The summed E-state index contributed by atoms with van der Waals surface area (Å²) in [6, 6.07) is 22.7. The first-order valence-corrected chi connectivity index (χ1v) is 19.8. The number of aryl methyl sites for hydroxylation is 4. The first-order valence-electron chi connectivity index (χ1n) is 14.9. The molecule has 9 rings (SSSR count). The second-order valence-electron chi connectivity index (χ2n) is 11.9. The van der Waals surface area contributed by atoms with Crippen molar-refractivity contribution in [2.45, 2.75) is 54.4 Å². The Kier molecular flexibility index (Phi) is 7.24. The molecule has 0 radical (unpaired) electrons. The standard InChI is InChI=1S/C28H22S4.C10H10S2/c1-13-5-6-21(29-13)22-7-8-23(31-22)24-12-18-11-20-15(3)25-19(16(4)26(20)28(18)32-24)10-17-9-14(2)30-27(17)25;1-7-3-5-9(11-7)10-6-4-8(2)12-10/h5-9,12H,10-11H2,1-4H3;3-6H,1-2H3. The summed E-state index contributed by atoms with van der Waals surface area (Å²) in [4.78, 5) is 17.0. The van der Waals surface area contributed by atoms with Gasteiger partial charge in [-0.05, 0) is 160 Å². The molecule has 2 aliphatic rings. The third-order valence-corrected chi connectivity index (χ3v) is 15.7. The zero-order valence-electron chi connectivity index (χ0n) is 25.6. The monoisotopic (exact) mass is 680 g/mol. The quantitative estimate of drug-likeness (QED) is 0.174. The molecule has 6 heterocycles. The largest absolute Gasteiger partial charge is 0.140 e. The van der Waals surface area contributed by atoms with E-state index in [1.54, 1.807) is 27.8 Å². The summed E-state index contributed by atoms with van der Waals surface area (Å²) in [6.07, 6.45) is 2.19. The van der Waals surface area contributed by atoms with Gasteiger partial charge in [-0.2, -0.15) is 0 Å². The predicted octanol–water partition coefficient (Wildman–Crippen LogP) is 13.7. The number of hydrogen-bond donors (Lipinski definition) is 0. The van der Waals surface area contributed by atoms with Crippen LogP contribution in [-0.2, 0) is 12.8 Å². The molecule has 6 heteroatoms. The smallest absolute Gasteiger partial charge is 0.0452 e. The Morgan fingerprint density at radius 2 is 0.795 bits per heavy atom. The van der Waals surface area contributed by atoms with Gasteiger partial charge in [0.2, 0.25) is 0 Å². The van der Waals surface area contributed by atoms with E-state index in [0.717, 1.165) is 12.8 Å². The van der Waals surface area contributed by atoms with Crippen molar-refractivity contribution in [3.05, 3.63) is 114 Å². The zero-order valence-corrected chi connectivity index (χ0v) is 30.5. The van der Waals surface area contributed by atoms with Crippen LogP contribution in [0.15, 0.2) is 60.7 Å². The number of thiophene rings is 6. The highest BCUT2D eigenvalue weighted by Crippen LogP contribution is 2.55. The molecule has 0 bridgehead atoms. The zero-order chi connectivity index (χ0) is 30.3. The van der Waals surface area contributed by atoms with Crippen LogP contribution in [0.5, 0.6) is 0 Å². The molecule has 0 saturated heterocycles. The van der Waals surface area contributed by atoms with Gasteiger partial charge in [-0.25, -0.2) is 0 Å². The highest BCUT2D eigenvalue weighted by molar-refractivity contribution is 7.27. The van der Waals surface area contributed by atoms with Gasteiger partial charge < -0.3 is 0 Å². The molecule has 0 atom stereocenters. The lowest BCUT2D eigenvalue weighted by atomic mass is 9.90. The third-order valence-electron chi connectivity index (χ3n) is 8.74. The highest BCUT2D eigenvalue weighted by atomic mass is 32.1. The summed E-state index contributed by atoms with van der Waals surface area (Å²) in [6.45, 7) is 13.5. The van der Waals surface area contributed by atoms with Gasteiger partial charge in [0.25, 0.3) is 0 Å². The molecular weight excluding hydrogens is 649 g/mol. The lowest BCUT2D eigenvalue weighted by Crippen LogP contribution is -1.97. The van der Waals surface area contributed by atoms with E-state index in [1.807, 2.05) is 68.0 Å².